The van der Waals surface area contributed by atoms with Crippen molar-refractivity contribution in [2.75, 3.05) is 19.5 Å². The van der Waals surface area contributed by atoms with Crippen LogP contribution in [0.3, 0.4) is 0 Å². The zero-order chi connectivity index (χ0) is 21.3. The van der Waals surface area contributed by atoms with Crippen LogP contribution in [0.5, 0.6) is 17.2 Å². The van der Waals surface area contributed by atoms with Crippen LogP contribution in [0.2, 0.25) is 0 Å². The molecule has 0 unspecified atom stereocenters. The molecule has 2 heterocycles. The third kappa shape index (κ3) is 3.70. The van der Waals surface area contributed by atoms with Crippen molar-refractivity contribution in [3.8, 4) is 22.9 Å². The van der Waals surface area contributed by atoms with Crippen LogP contribution in [0, 0.1) is 0 Å². The number of carbonyl (C=O) groups excluding carboxylic acids is 1. The highest BCUT2D eigenvalue weighted by Crippen LogP contribution is 2.39. The highest BCUT2D eigenvalue weighted by Gasteiger charge is 2.31. The van der Waals surface area contributed by atoms with Gasteiger partial charge in [-0.25, -0.2) is 4.98 Å². The normalized spacial score (nSPS) is 15.5. The number of nitrogens with one attached hydrogen (secondary N) is 1. The van der Waals surface area contributed by atoms with E-state index < -0.39 is 0 Å². The van der Waals surface area contributed by atoms with Gasteiger partial charge in [-0.2, -0.15) is 0 Å². The second-order valence-electron chi connectivity index (χ2n) is 7.43. The molecule has 1 amide bonds. The molecule has 1 N–H and O–H groups in total. The van der Waals surface area contributed by atoms with E-state index in [-0.39, 0.29) is 17.9 Å². The van der Waals surface area contributed by atoms with Gasteiger partial charge in [-0.05, 0) is 43.7 Å². The summed E-state index contributed by atoms with van der Waals surface area (Å²) in [5.41, 5.74) is 2.62. The van der Waals surface area contributed by atoms with E-state index in [1.165, 1.54) is 0 Å². The van der Waals surface area contributed by atoms with Crippen molar-refractivity contribution in [1.82, 2.24) is 9.55 Å². The Bertz CT molecular complexity index is 1060. The predicted molar refractivity (Wildman–Crippen MR) is 114 cm³/mol. The lowest BCUT2D eigenvalue weighted by Crippen LogP contribution is -2.25. The molecule has 0 fully saturated rings. The zero-order valence-electron chi connectivity index (χ0n) is 17.5. The predicted octanol–water partition coefficient (Wildman–Crippen LogP) is 4.15. The Hall–Kier alpha value is -3.48. The molecule has 0 spiro atoms. The number of benzene rings is 2. The molecule has 0 aliphatic carbocycles. The molecule has 0 saturated heterocycles. The average molecular weight is 407 g/mol. The number of rotatable bonds is 6. The van der Waals surface area contributed by atoms with Crippen molar-refractivity contribution >= 4 is 11.7 Å². The monoisotopic (exact) mass is 407 g/mol. The lowest BCUT2D eigenvalue weighted by Gasteiger charge is -2.24. The average Bonchev–Trinajstić information content (AvgIpc) is 3.16. The van der Waals surface area contributed by atoms with Crippen molar-refractivity contribution in [1.29, 1.82) is 0 Å². The van der Waals surface area contributed by atoms with Crippen LogP contribution in [0.25, 0.3) is 5.69 Å². The molecule has 2 aromatic carbocycles. The van der Waals surface area contributed by atoms with E-state index in [9.17, 15) is 4.79 Å². The molecule has 1 aliphatic rings. The van der Waals surface area contributed by atoms with Crippen molar-refractivity contribution in [2.45, 2.75) is 32.3 Å². The van der Waals surface area contributed by atoms with Crippen molar-refractivity contribution in [3.63, 3.8) is 0 Å². The first-order valence-electron chi connectivity index (χ1n) is 9.86. The maximum atomic E-state index is 12.5. The molecule has 0 radical (unpaired) electrons. The van der Waals surface area contributed by atoms with E-state index in [0.29, 0.717) is 23.7 Å². The van der Waals surface area contributed by atoms with Gasteiger partial charge in [-0.3, -0.25) is 9.36 Å². The quantitative estimate of drug-likeness (QED) is 0.664. The number of aromatic nitrogens is 2. The minimum absolute atomic E-state index is 0.0516. The number of methoxy groups -OCH3 is 2. The van der Waals surface area contributed by atoms with Gasteiger partial charge in [0.05, 0.1) is 31.7 Å². The summed E-state index contributed by atoms with van der Waals surface area (Å²) in [5, 5.41) is 2.97. The van der Waals surface area contributed by atoms with Gasteiger partial charge >= 0.3 is 0 Å². The van der Waals surface area contributed by atoms with Crippen molar-refractivity contribution in [2.24, 2.45) is 0 Å². The minimum Gasteiger partial charge on any atom is -0.497 e. The summed E-state index contributed by atoms with van der Waals surface area (Å²) in [4.78, 5) is 17.2. The van der Waals surface area contributed by atoms with Gasteiger partial charge in [0, 0.05) is 18.4 Å². The first-order valence-corrected chi connectivity index (χ1v) is 9.86. The maximum absolute atomic E-state index is 12.5. The lowest BCUT2D eigenvalue weighted by atomic mass is 9.90. The van der Waals surface area contributed by atoms with Crippen LogP contribution in [-0.4, -0.2) is 35.8 Å². The maximum Gasteiger partial charge on any atom is 0.226 e. The van der Waals surface area contributed by atoms with Crippen LogP contribution < -0.4 is 19.5 Å². The first-order chi connectivity index (χ1) is 14.5. The number of carbonyl (C=O) groups is 1. The third-order valence-electron chi connectivity index (χ3n) is 5.07. The second kappa shape index (κ2) is 8.10. The van der Waals surface area contributed by atoms with E-state index >= 15 is 0 Å². The Morgan fingerprint density at radius 2 is 1.80 bits per heavy atom. The molecule has 0 bridgehead atoms. The summed E-state index contributed by atoms with van der Waals surface area (Å²) in [6, 6.07) is 13.4. The Kier molecular flexibility index (Phi) is 5.35. The second-order valence-corrected chi connectivity index (χ2v) is 7.43. The van der Waals surface area contributed by atoms with Gasteiger partial charge in [0.15, 0.2) is 0 Å². The van der Waals surface area contributed by atoms with E-state index in [1.54, 1.807) is 26.6 Å². The summed E-state index contributed by atoms with van der Waals surface area (Å²) >= 11 is 0. The fourth-order valence-corrected chi connectivity index (χ4v) is 3.70. The molecule has 1 aromatic heterocycles. The van der Waals surface area contributed by atoms with E-state index in [4.69, 9.17) is 14.2 Å². The molecular formula is C23H25N3O4. The van der Waals surface area contributed by atoms with Crippen LogP contribution in [0.15, 0.2) is 48.8 Å². The van der Waals surface area contributed by atoms with Crippen molar-refractivity contribution in [3.05, 3.63) is 60.0 Å². The van der Waals surface area contributed by atoms with E-state index in [0.717, 1.165) is 22.7 Å². The molecule has 7 heteroatoms. The molecule has 7 nitrogen and oxygen atoms in total. The fraction of sp³-hybridized carbons (Fsp3) is 0.304. The molecule has 0 saturated carbocycles. The van der Waals surface area contributed by atoms with Crippen LogP contribution >= 0.6 is 0 Å². The molecular weight excluding hydrogens is 382 g/mol. The number of hydrogen-bond donors (Lipinski definition) is 1. The number of anilines is 1. The zero-order valence-corrected chi connectivity index (χ0v) is 17.5. The fourth-order valence-electron chi connectivity index (χ4n) is 3.70. The Morgan fingerprint density at radius 3 is 2.47 bits per heavy atom. The van der Waals surface area contributed by atoms with E-state index in [1.807, 2.05) is 54.8 Å². The smallest absolute Gasteiger partial charge is 0.226 e. The van der Waals surface area contributed by atoms with Gasteiger partial charge in [0.1, 0.15) is 29.4 Å². The largest absolute Gasteiger partial charge is 0.497 e. The highest BCUT2D eigenvalue weighted by atomic mass is 16.5. The summed E-state index contributed by atoms with van der Waals surface area (Å²) in [6.45, 7) is 3.98. The van der Waals surface area contributed by atoms with Gasteiger partial charge in [-0.1, -0.05) is 12.1 Å². The number of fused-ring (bicyclic) bond motifs is 1. The van der Waals surface area contributed by atoms with Gasteiger partial charge in [-0.15, -0.1) is 0 Å². The Morgan fingerprint density at radius 1 is 1.07 bits per heavy atom. The lowest BCUT2D eigenvalue weighted by molar-refractivity contribution is -0.116. The summed E-state index contributed by atoms with van der Waals surface area (Å²) in [5.74, 6) is 2.60. The molecule has 30 heavy (non-hydrogen) atoms. The third-order valence-corrected chi connectivity index (χ3v) is 5.07. The summed E-state index contributed by atoms with van der Waals surface area (Å²) < 4.78 is 18.4. The van der Waals surface area contributed by atoms with Crippen LogP contribution in [0.1, 0.15) is 37.4 Å². The molecule has 156 valence electrons. The SMILES string of the molecule is COc1ccc(-n2cnc3c2NC(=O)C[C@H]3c2ccc(OC(C)C)cc2)c(OC)c1. The highest BCUT2D eigenvalue weighted by molar-refractivity contribution is 5.94. The topological polar surface area (TPSA) is 74.6 Å². The molecule has 1 atom stereocenters. The van der Waals surface area contributed by atoms with Crippen LogP contribution in [-0.2, 0) is 4.79 Å². The van der Waals surface area contributed by atoms with E-state index in [2.05, 4.69) is 10.3 Å². The van der Waals surface area contributed by atoms with Gasteiger partial charge in [0.2, 0.25) is 5.91 Å². The number of ether oxygens (including phenoxy) is 3. The summed E-state index contributed by atoms with van der Waals surface area (Å²) in [6.07, 6.45) is 2.16. The number of imidazole rings is 1. The van der Waals surface area contributed by atoms with Crippen molar-refractivity contribution < 1.29 is 19.0 Å². The Labute approximate surface area is 175 Å². The molecule has 1 aliphatic heterocycles. The molecule has 4 rings (SSSR count). The number of nitrogens with zero attached hydrogens (tertiary/aromatic N) is 2. The Balaban J connectivity index is 1.72. The van der Waals surface area contributed by atoms with Gasteiger partial charge < -0.3 is 19.5 Å². The summed E-state index contributed by atoms with van der Waals surface area (Å²) in [7, 11) is 3.21. The standard InChI is InChI=1S/C23H25N3O4/c1-14(2)30-16-7-5-15(6-8-16)18-12-21(27)25-23-22(18)24-13-26(23)19-10-9-17(28-3)11-20(19)29-4/h5-11,13-14,18H,12H2,1-4H3,(H,25,27)/t18-/m0/s1. The molecule has 3 aromatic rings. The van der Waals surface area contributed by atoms with Gasteiger partial charge in [0.25, 0.3) is 0 Å². The number of hydrogen-bond acceptors (Lipinski definition) is 5. The minimum atomic E-state index is -0.132. The first kappa shape index (κ1) is 19.8. The number of amides is 1. The van der Waals surface area contributed by atoms with Crippen LogP contribution in [0.4, 0.5) is 5.82 Å².